The highest BCUT2D eigenvalue weighted by atomic mass is 35.5. The second-order valence-electron chi connectivity index (χ2n) is 5.42. The first-order valence-corrected chi connectivity index (χ1v) is 8.05. The Morgan fingerprint density at radius 3 is 2.74 bits per heavy atom. The molecule has 0 saturated carbocycles. The molecule has 2 atom stereocenters. The number of benzene rings is 1. The van der Waals surface area contributed by atoms with E-state index < -0.39 is 5.72 Å². The molecule has 3 N–H and O–H groups in total. The SMILES string of the molecule is CCCCNC(=O)CNC(=O)[C@@]1(OC)N[C@H]1c1ccccc1Cl. The molecule has 0 spiro atoms. The van der Waals surface area contributed by atoms with Crippen LogP contribution in [0.1, 0.15) is 31.4 Å². The highest BCUT2D eigenvalue weighted by molar-refractivity contribution is 6.31. The van der Waals surface area contributed by atoms with Crippen molar-refractivity contribution in [1.82, 2.24) is 16.0 Å². The first kappa shape index (κ1) is 17.7. The summed E-state index contributed by atoms with van der Waals surface area (Å²) in [7, 11) is 1.45. The van der Waals surface area contributed by atoms with Crippen LogP contribution in [0.4, 0.5) is 0 Å². The summed E-state index contributed by atoms with van der Waals surface area (Å²) in [5.74, 6) is -0.594. The largest absolute Gasteiger partial charge is 0.355 e. The van der Waals surface area contributed by atoms with Crippen molar-refractivity contribution in [2.24, 2.45) is 0 Å². The van der Waals surface area contributed by atoms with Crippen LogP contribution < -0.4 is 16.0 Å². The van der Waals surface area contributed by atoms with Gasteiger partial charge < -0.3 is 15.4 Å². The van der Waals surface area contributed by atoms with Crippen LogP contribution in [0.15, 0.2) is 24.3 Å². The van der Waals surface area contributed by atoms with Crippen LogP contribution in [0.3, 0.4) is 0 Å². The van der Waals surface area contributed by atoms with Crippen LogP contribution >= 0.6 is 11.6 Å². The summed E-state index contributed by atoms with van der Waals surface area (Å²) in [6.45, 7) is 2.58. The summed E-state index contributed by atoms with van der Waals surface area (Å²) in [4.78, 5) is 24.0. The van der Waals surface area contributed by atoms with Crippen molar-refractivity contribution in [1.29, 1.82) is 0 Å². The predicted octanol–water partition coefficient (Wildman–Crippen LogP) is 1.36. The summed E-state index contributed by atoms with van der Waals surface area (Å²) in [6.07, 6.45) is 1.92. The minimum atomic E-state index is -1.17. The maximum absolute atomic E-state index is 12.4. The lowest BCUT2D eigenvalue weighted by atomic mass is 10.1. The third-order valence-electron chi connectivity index (χ3n) is 3.82. The van der Waals surface area contributed by atoms with Crippen LogP contribution in [0.25, 0.3) is 0 Å². The van der Waals surface area contributed by atoms with Crippen molar-refractivity contribution >= 4 is 23.4 Å². The maximum atomic E-state index is 12.4. The van der Waals surface area contributed by atoms with Gasteiger partial charge in [-0.2, -0.15) is 0 Å². The standard InChI is InChI=1S/C16H22ClN3O3/c1-3-4-9-18-13(21)10-19-15(22)16(23-2)14(20-16)11-7-5-6-8-12(11)17/h5-8,14,20H,3-4,9-10H2,1-2H3,(H,18,21)(H,19,22)/t14-,16+/m0/s1. The predicted molar refractivity (Wildman–Crippen MR) is 88.0 cm³/mol. The fourth-order valence-electron chi connectivity index (χ4n) is 2.40. The van der Waals surface area contributed by atoms with Gasteiger partial charge in [0.1, 0.15) is 0 Å². The van der Waals surface area contributed by atoms with E-state index in [9.17, 15) is 9.59 Å². The smallest absolute Gasteiger partial charge is 0.270 e. The summed E-state index contributed by atoms with van der Waals surface area (Å²) >= 11 is 6.16. The summed E-state index contributed by atoms with van der Waals surface area (Å²) < 4.78 is 5.35. The number of unbranched alkanes of at least 4 members (excludes halogenated alkanes) is 1. The zero-order valence-electron chi connectivity index (χ0n) is 13.3. The zero-order valence-corrected chi connectivity index (χ0v) is 14.1. The molecule has 126 valence electrons. The second-order valence-corrected chi connectivity index (χ2v) is 5.83. The number of carbonyl (C=O) groups is 2. The molecule has 1 aliphatic rings. The molecule has 1 aromatic rings. The highest BCUT2D eigenvalue weighted by Gasteiger charge is 2.62. The van der Waals surface area contributed by atoms with Gasteiger partial charge >= 0.3 is 0 Å². The number of amides is 2. The van der Waals surface area contributed by atoms with E-state index in [1.165, 1.54) is 7.11 Å². The molecule has 1 saturated heterocycles. The van der Waals surface area contributed by atoms with Crippen molar-refractivity contribution < 1.29 is 14.3 Å². The maximum Gasteiger partial charge on any atom is 0.270 e. The molecule has 2 rings (SSSR count). The van der Waals surface area contributed by atoms with E-state index in [2.05, 4.69) is 16.0 Å². The molecule has 1 heterocycles. The number of halogens is 1. The van der Waals surface area contributed by atoms with Gasteiger partial charge in [0.15, 0.2) is 0 Å². The van der Waals surface area contributed by atoms with Gasteiger partial charge in [0.25, 0.3) is 5.91 Å². The number of hydrogen-bond acceptors (Lipinski definition) is 4. The van der Waals surface area contributed by atoms with Crippen LogP contribution in [-0.2, 0) is 14.3 Å². The molecule has 0 unspecified atom stereocenters. The Morgan fingerprint density at radius 2 is 2.09 bits per heavy atom. The molecule has 0 aromatic heterocycles. The molecular weight excluding hydrogens is 318 g/mol. The van der Waals surface area contributed by atoms with Gasteiger partial charge in [-0.1, -0.05) is 43.1 Å². The normalized spacial score (nSPS) is 22.5. The van der Waals surface area contributed by atoms with Crippen molar-refractivity contribution in [3.63, 3.8) is 0 Å². The molecule has 6 nitrogen and oxygen atoms in total. The molecule has 7 heteroatoms. The number of rotatable bonds is 8. The summed E-state index contributed by atoms with van der Waals surface area (Å²) in [5.41, 5.74) is -0.382. The molecule has 0 bridgehead atoms. The molecule has 0 radical (unpaired) electrons. The molecule has 23 heavy (non-hydrogen) atoms. The first-order valence-electron chi connectivity index (χ1n) is 7.67. The van der Waals surface area contributed by atoms with Crippen LogP contribution in [-0.4, -0.2) is 37.7 Å². The Kier molecular flexibility index (Phi) is 5.98. The molecule has 1 fully saturated rings. The lowest BCUT2D eigenvalue weighted by molar-refractivity contribution is -0.136. The lowest BCUT2D eigenvalue weighted by Gasteiger charge is -2.14. The highest BCUT2D eigenvalue weighted by Crippen LogP contribution is 2.43. The van der Waals surface area contributed by atoms with E-state index in [0.29, 0.717) is 11.6 Å². The van der Waals surface area contributed by atoms with Crippen molar-refractivity contribution in [3.05, 3.63) is 34.9 Å². The number of nitrogens with one attached hydrogen (secondary N) is 3. The quantitative estimate of drug-likeness (QED) is 0.493. The van der Waals surface area contributed by atoms with Crippen molar-refractivity contribution in [3.8, 4) is 0 Å². The molecule has 1 aliphatic heterocycles. The lowest BCUT2D eigenvalue weighted by Crippen LogP contribution is -2.45. The number of carbonyl (C=O) groups excluding carboxylic acids is 2. The van der Waals surface area contributed by atoms with Gasteiger partial charge in [-0.15, -0.1) is 0 Å². The van der Waals surface area contributed by atoms with E-state index in [-0.39, 0.29) is 24.4 Å². The van der Waals surface area contributed by atoms with Crippen LogP contribution in [0.2, 0.25) is 5.02 Å². The minimum absolute atomic E-state index is 0.0788. The molecule has 0 aliphatic carbocycles. The van der Waals surface area contributed by atoms with Gasteiger partial charge in [-0.25, -0.2) is 0 Å². The van der Waals surface area contributed by atoms with E-state index in [0.717, 1.165) is 18.4 Å². The van der Waals surface area contributed by atoms with E-state index in [1.54, 1.807) is 6.07 Å². The van der Waals surface area contributed by atoms with Crippen molar-refractivity contribution in [2.75, 3.05) is 20.2 Å². The van der Waals surface area contributed by atoms with Gasteiger partial charge in [-0.3, -0.25) is 14.9 Å². The monoisotopic (exact) mass is 339 g/mol. The molecular formula is C16H22ClN3O3. The zero-order chi connectivity index (χ0) is 16.9. The minimum Gasteiger partial charge on any atom is -0.355 e. The molecule has 2 amide bonds. The fourth-order valence-corrected chi connectivity index (χ4v) is 2.65. The third-order valence-corrected chi connectivity index (χ3v) is 4.16. The topological polar surface area (TPSA) is 89.4 Å². The van der Waals surface area contributed by atoms with E-state index in [1.807, 2.05) is 25.1 Å². The Morgan fingerprint density at radius 1 is 1.35 bits per heavy atom. The number of methoxy groups -OCH3 is 1. The van der Waals surface area contributed by atoms with E-state index in [4.69, 9.17) is 16.3 Å². The second kappa shape index (κ2) is 7.77. The Labute approximate surface area is 140 Å². The number of hydrogen-bond donors (Lipinski definition) is 3. The third kappa shape index (κ3) is 4.02. The Balaban J connectivity index is 1.91. The van der Waals surface area contributed by atoms with Gasteiger partial charge in [-0.05, 0) is 18.1 Å². The summed E-state index contributed by atoms with van der Waals surface area (Å²) in [6, 6.07) is 6.94. The molecule has 1 aromatic carbocycles. The van der Waals surface area contributed by atoms with Crippen molar-refractivity contribution in [2.45, 2.75) is 31.5 Å². The summed E-state index contributed by atoms with van der Waals surface area (Å²) in [5, 5.41) is 8.92. The Hall–Kier alpha value is -1.63. The van der Waals surface area contributed by atoms with Crippen LogP contribution in [0, 0.1) is 0 Å². The van der Waals surface area contributed by atoms with E-state index >= 15 is 0 Å². The first-order chi connectivity index (χ1) is 11.0. The Bertz CT molecular complexity index is 581. The average Bonchev–Trinajstić information content (AvgIpc) is 3.29. The average molecular weight is 340 g/mol. The number of ether oxygens (including phenoxy) is 1. The van der Waals surface area contributed by atoms with Crippen LogP contribution in [0.5, 0.6) is 0 Å². The fraction of sp³-hybridized carbons (Fsp3) is 0.500. The van der Waals surface area contributed by atoms with Gasteiger partial charge in [0.2, 0.25) is 11.6 Å². The van der Waals surface area contributed by atoms with Gasteiger partial charge in [0, 0.05) is 18.7 Å². The van der Waals surface area contributed by atoms with Gasteiger partial charge in [0.05, 0.1) is 12.6 Å².